The number of carbonyl (C=O) groups is 2. The second kappa shape index (κ2) is 6.95. The quantitative estimate of drug-likeness (QED) is 0.638. The fourth-order valence-electron chi connectivity index (χ4n) is 3.34. The summed E-state index contributed by atoms with van der Waals surface area (Å²) in [7, 11) is 0. The van der Waals surface area contributed by atoms with Crippen LogP contribution in [0.25, 0.3) is 5.82 Å². The molecule has 144 valence electrons. The number of carbonyl (C=O) groups excluding carboxylic acids is 2. The van der Waals surface area contributed by atoms with Crippen molar-refractivity contribution >= 4 is 11.8 Å². The number of fused-ring (bicyclic) bond motifs is 1. The fraction of sp³-hybridized carbons (Fsp3) is 0.238. The Labute approximate surface area is 167 Å². The second-order valence-corrected chi connectivity index (χ2v) is 7.08. The molecule has 0 aliphatic carbocycles. The maximum atomic E-state index is 12.9. The van der Waals surface area contributed by atoms with Crippen molar-refractivity contribution in [2.45, 2.75) is 32.7 Å². The number of rotatable bonds is 4. The highest BCUT2D eigenvalue weighted by Crippen LogP contribution is 2.32. The number of aromatic nitrogens is 4. The van der Waals surface area contributed by atoms with Crippen molar-refractivity contribution in [1.82, 2.24) is 24.6 Å². The van der Waals surface area contributed by atoms with Gasteiger partial charge in [-0.15, -0.1) is 5.10 Å². The number of nitrogens with zero attached hydrogens (tertiary/aromatic N) is 6. The number of hydrogen-bond donors (Lipinski definition) is 0. The normalized spacial score (nSPS) is 14.2. The lowest BCUT2D eigenvalue weighted by Gasteiger charge is -2.22. The predicted octanol–water partition coefficient (Wildman–Crippen LogP) is 3.01. The van der Waals surface area contributed by atoms with Gasteiger partial charge in [-0.25, -0.2) is 9.97 Å². The summed E-state index contributed by atoms with van der Waals surface area (Å²) in [4.78, 5) is 35.9. The maximum absolute atomic E-state index is 12.9. The van der Waals surface area contributed by atoms with Crippen molar-refractivity contribution in [2.24, 2.45) is 0 Å². The Morgan fingerprint density at radius 2 is 1.66 bits per heavy atom. The van der Waals surface area contributed by atoms with Gasteiger partial charge >= 0.3 is 0 Å². The Bertz CT molecular complexity index is 1140. The van der Waals surface area contributed by atoms with E-state index in [9.17, 15) is 14.9 Å². The molecule has 29 heavy (non-hydrogen) atoms. The Balaban J connectivity index is 1.84. The van der Waals surface area contributed by atoms with E-state index in [1.807, 2.05) is 13.8 Å². The number of nitriles is 1. The van der Waals surface area contributed by atoms with Crippen molar-refractivity contribution in [1.29, 1.82) is 5.26 Å². The first-order valence-electron chi connectivity index (χ1n) is 9.23. The summed E-state index contributed by atoms with van der Waals surface area (Å²) >= 11 is 0. The summed E-state index contributed by atoms with van der Waals surface area (Å²) < 4.78 is 1.46. The van der Waals surface area contributed by atoms with E-state index in [0.29, 0.717) is 34.2 Å². The van der Waals surface area contributed by atoms with Gasteiger partial charge in [0.2, 0.25) is 0 Å². The molecule has 2 amide bonds. The second-order valence-electron chi connectivity index (χ2n) is 7.08. The van der Waals surface area contributed by atoms with Crippen LogP contribution in [0.1, 0.15) is 70.7 Å². The lowest BCUT2D eigenvalue weighted by molar-refractivity contribution is 0.0587. The smallest absolute Gasteiger partial charge is 0.262 e. The molecule has 0 spiro atoms. The average molecular weight is 386 g/mol. The Kier molecular flexibility index (Phi) is 4.43. The predicted molar refractivity (Wildman–Crippen MR) is 103 cm³/mol. The van der Waals surface area contributed by atoms with Gasteiger partial charge in [0.1, 0.15) is 6.07 Å². The third-order valence-corrected chi connectivity index (χ3v) is 4.86. The zero-order valence-electron chi connectivity index (χ0n) is 16.2. The minimum absolute atomic E-state index is 0.0126. The van der Waals surface area contributed by atoms with Crippen molar-refractivity contribution in [2.75, 3.05) is 0 Å². The van der Waals surface area contributed by atoms with Crippen LogP contribution in [0.3, 0.4) is 0 Å². The van der Waals surface area contributed by atoms with Crippen LogP contribution in [0.15, 0.2) is 42.6 Å². The van der Waals surface area contributed by atoms with Gasteiger partial charge in [0.25, 0.3) is 11.8 Å². The van der Waals surface area contributed by atoms with Gasteiger partial charge in [-0.1, -0.05) is 26.0 Å². The lowest BCUT2D eigenvalue weighted by Crippen LogP contribution is -2.34. The molecular weight excluding hydrogens is 368 g/mol. The molecule has 0 unspecified atom stereocenters. The SMILES string of the molecule is CC(C)c1nc([C@H](C)N2C(=O)c3ccccc3C2=O)n(-c2ncccc2C#N)n1. The van der Waals surface area contributed by atoms with Crippen LogP contribution in [0.2, 0.25) is 0 Å². The summed E-state index contributed by atoms with van der Waals surface area (Å²) in [5.74, 6) is 0.489. The van der Waals surface area contributed by atoms with Crippen LogP contribution in [0.5, 0.6) is 0 Å². The van der Waals surface area contributed by atoms with Gasteiger partial charge < -0.3 is 0 Å². The molecule has 1 aliphatic rings. The monoisotopic (exact) mass is 386 g/mol. The van der Waals surface area contributed by atoms with E-state index in [-0.39, 0.29) is 17.7 Å². The fourth-order valence-corrected chi connectivity index (χ4v) is 3.34. The summed E-state index contributed by atoms with van der Waals surface area (Å²) in [5.41, 5.74) is 1.06. The average Bonchev–Trinajstić information content (AvgIpc) is 3.28. The third-order valence-electron chi connectivity index (χ3n) is 4.86. The molecular formula is C21H18N6O2. The molecule has 0 saturated carbocycles. The Morgan fingerprint density at radius 3 is 2.24 bits per heavy atom. The first-order chi connectivity index (χ1) is 13.9. The number of imide groups is 1. The first-order valence-corrected chi connectivity index (χ1v) is 9.23. The van der Waals surface area contributed by atoms with E-state index in [1.165, 1.54) is 9.58 Å². The molecule has 0 N–H and O–H groups in total. The molecule has 8 nitrogen and oxygen atoms in total. The zero-order chi connectivity index (χ0) is 20.7. The number of amides is 2. The molecule has 0 bridgehead atoms. The number of hydrogen-bond acceptors (Lipinski definition) is 6. The minimum atomic E-state index is -0.698. The van der Waals surface area contributed by atoms with Gasteiger partial charge in [0.15, 0.2) is 17.5 Å². The van der Waals surface area contributed by atoms with Crippen molar-refractivity contribution in [3.05, 3.63) is 70.9 Å². The molecule has 2 aromatic heterocycles. The van der Waals surface area contributed by atoms with E-state index in [2.05, 4.69) is 21.1 Å². The van der Waals surface area contributed by atoms with Gasteiger partial charge in [-0.2, -0.15) is 9.94 Å². The van der Waals surface area contributed by atoms with Crippen molar-refractivity contribution < 1.29 is 9.59 Å². The van der Waals surface area contributed by atoms with Gasteiger partial charge in [-0.05, 0) is 31.2 Å². The molecule has 3 aromatic rings. The van der Waals surface area contributed by atoms with Crippen LogP contribution in [-0.2, 0) is 0 Å². The topological polar surface area (TPSA) is 105 Å². The molecule has 0 radical (unpaired) electrons. The lowest BCUT2D eigenvalue weighted by atomic mass is 10.1. The molecule has 1 aromatic carbocycles. The van der Waals surface area contributed by atoms with E-state index in [1.54, 1.807) is 49.5 Å². The number of benzene rings is 1. The Morgan fingerprint density at radius 1 is 1.00 bits per heavy atom. The summed E-state index contributed by atoms with van der Waals surface area (Å²) in [5, 5.41) is 14.0. The molecule has 1 atom stereocenters. The minimum Gasteiger partial charge on any atom is -0.269 e. The van der Waals surface area contributed by atoms with Crippen LogP contribution >= 0.6 is 0 Å². The highest BCUT2D eigenvalue weighted by molar-refractivity contribution is 6.21. The first kappa shape index (κ1) is 18.5. The molecule has 0 saturated heterocycles. The molecule has 1 aliphatic heterocycles. The van der Waals surface area contributed by atoms with Gasteiger partial charge in [0, 0.05) is 12.1 Å². The van der Waals surface area contributed by atoms with Gasteiger partial charge in [0.05, 0.1) is 22.7 Å². The van der Waals surface area contributed by atoms with Crippen LogP contribution in [-0.4, -0.2) is 36.5 Å². The molecule has 8 heteroatoms. The van der Waals surface area contributed by atoms with E-state index < -0.39 is 6.04 Å². The van der Waals surface area contributed by atoms with Crippen LogP contribution in [0.4, 0.5) is 0 Å². The van der Waals surface area contributed by atoms with E-state index in [0.717, 1.165) is 0 Å². The van der Waals surface area contributed by atoms with E-state index >= 15 is 0 Å². The molecule has 0 fully saturated rings. The molecule has 4 rings (SSSR count). The highest BCUT2D eigenvalue weighted by atomic mass is 16.2. The van der Waals surface area contributed by atoms with Crippen molar-refractivity contribution in [3.63, 3.8) is 0 Å². The van der Waals surface area contributed by atoms with Crippen LogP contribution in [0, 0.1) is 11.3 Å². The Hall–Kier alpha value is -3.86. The molecule has 3 heterocycles. The maximum Gasteiger partial charge on any atom is 0.262 e. The van der Waals surface area contributed by atoms with Gasteiger partial charge in [-0.3, -0.25) is 14.5 Å². The van der Waals surface area contributed by atoms with E-state index in [4.69, 9.17) is 0 Å². The summed E-state index contributed by atoms with van der Waals surface area (Å²) in [6.45, 7) is 5.61. The highest BCUT2D eigenvalue weighted by Gasteiger charge is 2.40. The summed E-state index contributed by atoms with van der Waals surface area (Å²) in [6, 6.07) is 11.4. The van der Waals surface area contributed by atoms with Crippen LogP contribution < -0.4 is 0 Å². The third kappa shape index (κ3) is 2.88. The largest absolute Gasteiger partial charge is 0.269 e. The van der Waals surface area contributed by atoms with Crippen molar-refractivity contribution in [3.8, 4) is 11.9 Å². The standard InChI is InChI=1S/C21H18N6O2/c1-12(2)17-24-18(27(25-17)19-14(11-22)7-6-10-23-19)13(3)26-20(28)15-8-4-5-9-16(15)21(26)29/h4-10,12-13H,1-3H3/t13-/m0/s1. The number of pyridine rings is 1. The summed E-state index contributed by atoms with van der Waals surface area (Å²) in [6.07, 6.45) is 1.56. The zero-order valence-corrected chi connectivity index (χ0v) is 16.2.